The third-order valence-electron chi connectivity index (χ3n) is 3.28. The fourth-order valence-corrected chi connectivity index (χ4v) is 3.17. The molecule has 136 valence electrons. The van der Waals surface area contributed by atoms with Crippen LogP contribution in [0.15, 0.2) is 0 Å². The summed E-state index contributed by atoms with van der Waals surface area (Å²) in [6, 6.07) is 0. The monoisotopic (exact) mass is 382 g/mol. The van der Waals surface area contributed by atoms with Crippen LogP contribution in [0.3, 0.4) is 0 Å². The smallest absolute Gasteiger partial charge is 0.376 e. The van der Waals surface area contributed by atoms with Gasteiger partial charge in [0.05, 0.1) is 19.9 Å². The van der Waals surface area contributed by atoms with Gasteiger partial charge in [-0.2, -0.15) is 8.42 Å². The lowest BCUT2D eigenvalue weighted by Gasteiger charge is -2.38. The van der Waals surface area contributed by atoms with Crippen molar-refractivity contribution in [2.45, 2.75) is 19.0 Å². The summed E-state index contributed by atoms with van der Waals surface area (Å²) in [6.07, 6.45) is -0.987. The molecule has 1 heterocycles. The van der Waals surface area contributed by atoms with Crippen molar-refractivity contribution in [1.29, 1.82) is 0 Å². The highest BCUT2D eigenvalue weighted by atomic mass is 32.2. The summed E-state index contributed by atoms with van der Waals surface area (Å²) in [7, 11) is 1.91. The minimum atomic E-state index is -3.81. The van der Waals surface area contributed by atoms with Crippen molar-refractivity contribution in [2.75, 3.05) is 39.5 Å². The van der Waals surface area contributed by atoms with Crippen LogP contribution >= 0.6 is 12.3 Å². The zero-order valence-corrected chi connectivity index (χ0v) is 15.3. The molecule has 2 atom stereocenters. The largest absolute Gasteiger partial charge is 0.437 e. The first kappa shape index (κ1) is 21.7. The lowest BCUT2D eigenvalue weighted by atomic mass is 9.84. The van der Waals surface area contributed by atoms with E-state index >= 15 is 0 Å². The minimum Gasteiger partial charge on any atom is -0.437 e. The van der Waals surface area contributed by atoms with E-state index in [1.807, 2.05) is 0 Å². The van der Waals surface area contributed by atoms with Crippen molar-refractivity contribution in [3.63, 3.8) is 0 Å². The molecule has 1 N–H and O–H groups in total. The third-order valence-corrected chi connectivity index (χ3v) is 4.40. The van der Waals surface area contributed by atoms with E-state index in [0.717, 1.165) is 6.26 Å². The number of carbonyl (C=O) groups is 1. The predicted octanol–water partition coefficient (Wildman–Crippen LogP) is -1.13. The van der Waals surface area contributed by atoms with Gasteiger partial charge in [-0.3, -0.25) is 13.2 Å². The molecule has 0 aliphatic carbocycles. The van der Waals surface area contributed by atoms with Crippen molar-refractivity contribution < 1.29 is 35.8 Å². The van der Waals surface area contributed by atoms with Crippen molar-refractivity contribution in [3.8, 4) is 0 Å². The highest BCUT2D eigenvalue weighted by Gasteiger charge is 2.35. The van der Waals surface area contributed by atoms with Gasteiger partial charge in [0.25, 0.3) is 10.1 Å². The van der Waals surface area contributed by atoms with Gasteiger partial charge in [0, 0.05) is 19.6 Å². The number of hydrogen-bond acceptors (Lipinski definition) is 10. The summed E-state index contributed by atoms with van der Waals surface area (Å²) in [5.74, 6) is -0.702. The van der Waals surface area contributed by atoms with Gasteiger partial charge in [0.2, 0.25) is 7.85 Å². The molecule has 0 aromatic carbocycles. The molecule has 0 spiro atoms. The second-order valence-electron chi connectivity index (χ2n) is 5.19. The van der Waals surface area contributed by atoms with Crippen LogP contribution in [0.5, 0.6) is 0 Å². The Balaban J connectivity index is 3.02. The maximum absolute atomic E-state index is 11.6. The van der Waals surface area contributed by atoms with Gasteiger partial charge in [0.15, 0.2) is 18.1 Å². The Hall–Kier alpha value is -0.340. The summed E-state index contributed by atoms with van der Waals surface area (Å²) < 4.78 is 38.0. The number of amides is 1. The quantitative estimate of drug-likeness (QED) is 0.145. The van der Waals surface area contributed by atoms with E-state index < -0.39 is 35.2 Å². The molecule has 1 rings (SSSR count). The van der Waals surface area contributed by atoms with Crippen molar-refractivity contribution in [3.05, 3.63) is 0 Å². The summed E-state index contributed by atoms with van der Waals surface area (Å²) in [5, 5.41) is 9.83. The molecule has 1 fully saturated rings. The number of hydrogen-bond donors (Lipinski definition) is 1. The van der Waals surface area contributed by atoms with Gasteiger partial charge in [0.1, 0.15) is 12.2 Å². The maximum atomic E-state index is 11.6. The molecule has 1 saturated heterocycles. The molecule has 0 aromatic rings. The van der Waals surface area contributed by atoms with Crippen LogP contribution in [0, 0.1) is 0 Å². The van der Waals surface area contributed by atoms with E-state index in [0.29, 0.717) is 18.9 Å². The first-order chi connectivity index (χ1) is 11.1. The van der Waals surface area contributed by atoms with Crippen molar-refractivity contribution >= 4 is 43.1 Å². The number of carbonyl (C=O) groups excluding carboxylic acids is 1. The van der Waals surface area contributed by atoms with Gasteiger partial charge in [-0.25, -0.2) is 4.89 Å². The molecule has 14 heteroatoms. The standard InChI is InChI=1S/C10H20B2N2O8S2/c1-12(16)14-5-4-13(10(11)15)6-8(20-23-22-19-2)9(7-14)21-24(3,17)18/h8-9,16H,4-7H2,1-3H3/t8-,9-/m0/s1. The van der Waals surface area contributed by atoms with Crippen LogP contribution in [-0.4, -0.2) is 95.6 Å². The molecule has 0 saturated carbocycles. The summed E-state index contributed by atoms with van der Waals surface area (Å²) >= 11 is 0.472. The first-order valence-electron chi connectivity index (χ1n) is 7.01. The fourth-order valence-electron chi connectivity index (χ4n) is 2.16. The van der Waals surface area contributed by atoms with Gasteiger partial charge in [-0.1, -0.05) is 0 Å². The average molecular weight is 382 g/mol. The Kier molecular flexibility index (Phi) is 9.01. The first-order valence-corrected chi connectivity index (χ1v) is 9.50. The van der Waals surface area contributed by atoms with E-state index in [4.69, 9.17) is 16.2 Å². The van der Waals surface area contributed by atoms with Gasteiger partial charge >= 0.3 is 7.05 Å². The van der Waals surface area contributed by atoms with Crippen LogP contribution in [0.4, 0.5) is 4.79 Å². The fraction of sp³-hybridized carbons (Fsp3) is 0.900. The molecule has 0 bridgehead atoms. The van der Waals surface area contributed by atoms with Crippen LogP contribution in [0.2, 0.25) is 6.82 Å². The molecule has 10 nitrogen and oxygen atoms in total. The highest BCUT2D eigenvalue weighted by Crippen LogP contribution is 2.20. The molecule has 0 unspecified atom stereocenters. The second-order valence-corrected chi connectivity index (χ2v) is 7.25. The molecule has 24 heavy (non-hydrogen) atoms. The molecular weight excluding hydrogens is 362 g/mol. The second kappa shape index (κ2) is 9.97. The Morgan fingerprint density at radius 3 is 2.50 bits per heavy atom. The predicted molar refractivity (Wildman–Crippen MR) is 88.4 cm³/mol. The topological polar surface area (TPSA) is 115 Å². The van der Waals surface area contributed by atoms with E-state index in [2.05, 4.69) is 9.22 Å². The number of nitrogens with zero attached hydrogens (tertiary/aromatic N) is 2. The number of rotatable bonds is 7. The van der Waals surface area contributed by atoms with Crippen LogP contribution in [0.25, 0.3) is 0 Å². The summed E-state index contributed by atoms with van der Waals surface area (Å²) in [4.78, 5) is 18.7. The zero-order valence-electron chi connectivity index (χ0n) is 13.7. The van der Waals surface area contributed by atoms with E-state index in [9.17, 15) is 18.2 Å². The minimum absolute atomic E-state index is 0.0107. The highest BCUT2D eigenvalue weighted by molar-refractivity contribution is 7.89. The lowest BCUT2D eigenvalue weighted by molar-refractivity contribution is -0.169. The average Bonchev–Trinajstić information content (AvgIpc) is 2.43. The van der Waals surface area contributed by atoms with Gasteiger partial charge in [-0.05, 0) is 6.82 Å². The van der Waals surface area contributed by atoms with E-state index in [-0.39, 0.29) is 19.6 Å². The Labute approximate surface area is 147 Å². The zero-order chi connectivity index (χ0) is 18.3. The molecule has 1 amide bonds. The lowest BCUT2D eigenvalue weighted by Crippen LogP contribution is -2.56. The van der Waals surface area contributed by atoms with Crippen LogP contribution in [-0.2, 0) is 27.7 Å². The maximum Gasteiger partial charge on any atom is 0.376 e. The summed E-state index contributed by atoms with van der Waals surface area (Å²) in [6.45, 7) is 2.10. The SMILES string of the molecule is [B]C(=O)N1CCN(B(C)O)C[C@H](OS(C)(=O)=O)[C@@H](OSOOC)C1. The molecule has 0 aromatic heterocycles. The van der Waals surface area contributed by atoms with Crippen molar-refractivity contribution in [2.24, 2.45) is 0 Å². The van der Waals surface area contributed by atoms with E-state index in [1.54, 1.807) is 4.81 Å². The Bertz CT molecular complexity index is 509. The molecule has 2 radical (unpaired) electrons. The Morgan fingerprint density at radius 1 is 1.33 bits per heavy atom. The normalized spacial score (nSPS) is 23.6. The van der Waals surface area contributed by atoms with Crippen LogP contribution in [0.1, 0.15) is 0 Å². The molecule has 1 aliphatic rings. The molecule has 1 aliphatic heterocycles. The third kappa shape index (κ3) is 7.70. The van der Waals surface area contributed by atoms with E-state index in [1.165, 1.54) is 18.8 Å². The van der Waals surface area contributed by atoms with Crippen LogP contribution < -0.4 is 0 Å². The summed E-state index contributed by atoms with van der Waals surface area (Å²) in [5.41, 5.74) is 0. The van der Waals surface area contributed by atoms with Crippen molar-refractivity contribution in [1.82, 2.24) is 9.71 Å². The Morgan fingerprint density at radius 2 is 2.00 bits per heavy atom. The van der Waals surface area contributed by atoms with Gasteiger partial charge < -0.3 is 14.7 Å². The molecular formula is C10H20B2N2O8S2. The van der Waals surface area contributed by atoms with Gasteiger partial charge in [-0.15, -0.1) is 4.33 Å².